The molecule has 0 aliphatic carbocycles. The summed E-state index contributed by atoms with van der Waals surface area (Å²) in [5, 5.41) is 18.0. The number of amides is 3. The Hall–Kier alpha value is -4.33. The van der Waals surface area contributed by atoms with Crippen LogP contribution in [0, 0.1) is 5.92 Å². The number of anilines is 1. The van der Waals surface area contributed by atoms with Crippen molar-refractivity contribution in [2.75, 3.05) is 19.0 Å². The number of nitrogens with one attached hydrogen (secondary N) is 3. The van der Waals surface area contributed by atoms with Crippen molar-refractivity contribution in [1.82, 2.24) is 10.6 Å². The van der Waals surface area contributed by atoms with Crippen LogP contribution in [-0.4, -0.2) is 42.5 Å². The van der Waals surface area contributed by atoms with Crippen LogP contribution < -0.4 is 20.7 Å². The van der Waals surface area contributed by atoms with E-state index in [1.165, 1.54) is 12.1 Å². The number of hydrogen-bond acceptors (Lipinski definition) is 5. The standard InChI is InChI=1S/C28H31N3O5/c1-18(2)17-29-28(35)25(16-19-8-12-21(32)13-9-19)31-27(34)23-6-4-5-7-24(23)30-26(33)20-10-14-22(36-3)15-11-20/h4-15,18,25,32H,16-17H2,1-3H3,(H,29,35)(H,30,33)(H,31,34)/t25-/m1/s1. The van der Waals surface area contributed by atoms with Gasteiger partial charge in [-0.15, -0.1) is 0 Å². The molecule has 4 N–H and O–H groups in total. The van der Waals surface area contributed by atoms with E-state index in [0.29, 0.717) is 23.5 Å². The smallest absolute Gasteiger partial charge is 0.255 e. The van der Waals surface area contributed by atoms with Gasteiger partial charge >= 0.3 is 0 Å². The van der Waals surface area contributed by atoms with Gasteiger partial charge in [0.25, 0.3) is 11.8 Å². The Bertz CT molecular complexity index is 1190. The second-order valence-corrected chi connectivity index (χ2v) is 8.76. The van der Waals surface area contributed by atoms with Gasteiger partial charge < -0.3 is 25.8 Å². The zero-order chi connectivity index (χ0) is 26.1. The van der Waals surface area contributed by atoms with Crippen LogP contribution in [0.5, 0.6) is 11.5 Å². The summed E-state index contributed by atoms with van der Waals surface area (Å²) in [7, 11) is 1.54. The molecule has 0 aliphatic heterocycles. The fraction of sp³-hybridized carbons (Fsp3) is 0.250. The Morgan fingerprint density at radius 3 is 2.19 bits per heavy atom. The molecule has 0 unspecified atom stereocenters. The third-order valence-electron chi connectivity index (χ3n) is 5.45. The molecule has 0 bridgehead atoms. The molecule has 188 valence electrons. The summed E-state index contributed by atoms with van der Waals surface area (Å²) in [5.74, 6) is -0.207. The molecule has 3 aromatic rings. The average molecular weight is 490 g/mol. The Labute approximate surface area is 210 Å². The molecule has 3 amide bonds. The third kappa shape index (κ3) is 7.33. The number of phenols is 1. The van der Waals surface area contributed by atoms with Crippen molar-refractivity contribution in [1.29, 1.82) is 0 Å². The van der Waals surface area contributed by atoms with Gasteiger partial charge in [0.15, 0.2) is 0 Å². The number of ether oxygens (including phenoxy) is 1. The first kappa shape index (κ1) is 26.3. The van der Waals surface area contributed by atoms with Crippen LogP contribution in [0.15, 0.2) is 72.8 Å². The molecule has 1 atom stereocenters. The molecule has 0 aromatic heterocycles. The second-order valence-electron chi connectivity index (χ2n) is 8.76. The number of phenolic OH excluding ortho intramolecular Hbond substituents is 1. The zero-order valence-corrected chi connectivity index (χ0v) is 20.6. The third-order valence-corrected chi connectivity index (χ3v) is 5.45. The molecule has 8 heteroatoms. The van der Waals surface area contributed by atoms with Gasteiger partial charge in [0.05, 0.1) is 18.4 Å². The van der Waals surface area contributed by atoms with Crippen LogP contribution >= 0.6 is 0 Å². The summed E-state index contributed by atoms with van der Waals surface area (Å²) in [6.07, 6.45) is 0.232. The van der Waals surface area contributed by atoms with E-state index in [2.05, 4.69) is 16.0 Å². The maximum Gasteiger partial charge on any atom is 0.255 e. The fourth-order valence-corrected chi connectivity index (χ4v) is 3.47. The van der Waals surface area contributed by atoms with Gasteiger partial charge in [0.2, 0.25) is 5.91 Å². The van der Waals surface area contributed by atoms with Gasteiger partial charge in [-0.05, 0) is 60.0 Å². The predicted octanol–water partition coefficient (Wildman–Crippen LogP) is 3.77. The predicted molar refractivity (Wildman–Crippen MR) is 138 cm³/mol. The Morgan fingerprint density at radius 1 is 0.889 bits per heavy atom. The van der Waals surface area contributed by atoms with Crippen LogP contribution in [0.4, 0.5) is 5.69 Å². The molecular weight excluding hydrogens is 458 g/mol. The van der Waals surface area contributed by atoms with Crippen molar-refractivity contribution < 1.29 is 24.2 Å². The van der Waals surface area contributed by atoms with Crippen LogP contribution in [0.25, 0.3) is 0 Å². The van der Waals surface area contributed by atoms with Crippen molar-refractivity contribution >= 4 is 23.4 Å². The number of aromatic hydroxyl groups is 1. The second kappa shape index (κ2) is 12.4. The lowest BCUT2D eigenvalue weighted by molar-refractivity contribution is -0.123. The van der Waals surface area contributed by atoms with E-state index >= 15 is 0 Å². The van der Waals surface area contributed by atoms with Crippen molar-refractivity contribution in [3.8, 4) is 11.5 Å². The lowest BCUT2D eigenvalue weighted by Crippen LogP contribution is -2.48. The molecule has 0 aliphatic rings. The molecule has 0 spiro atoms. The quantitative estimate of drug-likeness (QED) is 0.346. The van der Waals surface area contributed by atoms with Crippen LogP contribution in [0.3, 0.4) is 0 Å². The fourth-order valence-electron chi connectivity index (χ4n) is 3.47. The van der Waals surface area contributed by atoms with E-state index in [4.69, 9.17) is 4.74 Å². The lowest BCUT2D eigenvalue weighted by atomic mass is 10.0. The molecule has 0 saturated heterocycles. The number of rotatable bonds is 10. The Balaban J connectivity index is 1.78. The minimum atomic E-state index is -0.855. The monoisotopic (exact) mass is 489 g/mol. The average Bonchev–Trinajstić information content (AvgIpc) is 2.88. The van der Waals surface area contributed by atoms with Crippen LogP contribution in [0.2, 0.25) is 0 Å². The van der Waals surface area contributed by atoms with Crippen molar-refractivity contribution in [3.63, 3.8) is 0 Å². The largest absolute Gasteiger partial charge is 0.508 e. The first-order valence-electron chi connectivity index (χ1n) is 11.7. The van der Waals surface area contributed by atoms with Gasteiger partial charge in [-0.3, -0.25) is 14.4 Å². The number of hydrogen-bond donors (Lipinski definition) is 4. The number of benzene rings is 3. The van der Waals surface area contributed by atoms with E-state index < -0.39 is 11.9 Å². The first-order valence-corrected chi connectivity index (χ1v) is 11.7. The molecule has 0 saturated carbocycles. The minimum absolute atomic E-state index is 0.116. The maximum absolute atomic E-state index is 13.3. The minimum Gasteiger partial charge on any atom is -0.508 e. The summed E-state index contributed by atoms with van der Waals surface area (Å²) in [6, 6.07) is 18.8. The topological polar surface area (TPSA) is 117 Å². The summed E-state index contributed by atoms with van der Waals surface area (Å²) in [4.78, 5) is 39.0. The van der Waals surface area contributed by atoms with E-state index in [1.807, 2.05) is 13.8 Å². The molecule has 0 heterocycles. The number of methoxy groups -OCH3 is 1. The number of para-hydroxylation sites is 1. The van der Waals surface area contributed by atoms with Gasteiger partial charge in [-0.1, -0.05) is 38.1 Å². The van der Waals surface area contributed by atoms with E-state index in [1.54, 1.807) is 67.8 Å². The summed E-state index contributed by atoms with van der Waals surface area (Å²) >= 11 is 0. The number of carbonyl (C=O) groups is 3. The highest BCUT2D eigenvalue weighted by atomic mass is 16.5. The summed E-state index contributed by atoms with van der Waals surface area (Å²) < 4.78 is 5.12. The van der Waals surface area contributed by atoms with Gasteiger partial charge in [0.1, 0.15) is 17.5 Å². The molecule has 36 heavy (non-hydrogen) atoms. The first-order chi connectivity index (χ1) is 17.3. The van der Waals surface area contributed by atoms with E-state index in [0.717, 1.165) is 5.56 Å². The highest BCUT2D eigenvalue weighted by Gasteiger charge is 2.24. The van der Waals surface area contributed by atoms with E-state index in [9.17, 15) is 19.5 Å². The van der Waals surface area contributed by atoms with Crippen molar-refractivity contribution in [2.24, 2.45) is 5.92 Å². The van der Waals surface area contributed by atoms with Gasteiger partial charge in [-0.25, -0.2) is 0 Å². The molecule has 8 nitrogen and oxygen atoms in total. The summed E-state index contributed by atoms with van der Waals surface area (Å²) in [6.45, 7) is 4.43. The van der Waals surface area contributed by atoms with Crippen molar-refractivity contribution in [3.05, 3.63) is 89.5 Å². The maximum atomic E-state index is 13.3. The van der Waals surface area contributed by atoms with Crippen molar-refractivity contribution in [2.45, 2.75) is 26.3 Å². The molecule has 3 rings (SSSR count). The molecule has 3 aromatic carbocycles. The summed E-state index contributed by atoms with van der Waals surface area (Å²) in [5.41, 5.74) is 1.73. The highest BCUT2D eigenvalue weighted by Crippen LogP contribution is 2.19. The Kier molecular flexibility index (Phi) is 9.05. The zero-order valence-electron chi connectivity index (χ0n) is 20.6. The molecular formula is C28H31N3O5. The SMILES string of the molecule is COc1ccc(C(=O)Nc2ccccc2C(=O)N[C@H](Cc2ccc(O)cc2)C(=O)NCC(C)C)cc1. The van der Waals surface area contributed by atoms with Gasteiger partial charge in [0, 0.05) is 18.5 Å². The van der Waals surface area contributed by atoms with Crippen LogP contribution in [0.1, 0.15) is 40.1 Å². The van der Waals surface area contributed by atoms with E-state index in [-0.39, 0.29) is 35.5 Å². The van der Waals surface area contributed by atoms with Crippen LogP contribution in [-0.2, 0) is 11.2 Å². The number of carbonyl (C=O) groups excluding carboxylic acids is 3. The highest BCUT2D eigenvalue weighted by molar-refractivity contribution is 6.09. The molecule has 0 fully saturated rings. The normalized spacial score (nSPS) is 11.4. The molecule has 0 radical (unpaired) electrons. The Morgan fingerprint density at radius 2 is 1.56 bits per heavy atom. The van der Waals surface area contributed by atoms with Gasteiger partial charge in [-0.2, -0.15) is 0 Å². The lowest BCUT2D eigenvalue weighted by Gasteiger charge is -2.20.